The van der Waals surface area contributed by atoms with Crippen LogP contribution in [-0.2, 0) is 0 Å². The zero-order valence-corrected chi connectivity index (χ0v) is 32.0. The zero-order chi connectivity index (χ0) is 62.3. The molecule has 6 heteroatoms. The molecule has 0 bridgehead atoms. The van der Waals surface area contributed by atoms with Gasteiger partial charge in [0.15, 0.2) is 5.82 Å². The third-order valence-electron chi connectivity index (χ3n) is 10.7. The minimum absolute atomic E-state index is 0.141. The van der Waals surface area contributed by atoms with Crippen molar-refractivity contribution in [3.05, 3.63) is 212 Å². The first-order chi connectivity index (χ1) is 41.2. The Morgan fingerprint density at radius 3 is 1.49 bits per heavy atom. The Morgan fingerprint density at radius 1 is 0.365 bits per heavy atom. The molecule has 9 aromatic carbocycles. The fourth-order valence-corrected chi connectivity index (χ4v) is 7.97. The van der Waals surface area contributed by atoms with Gasteiger partial charge in [0, 0.05) is 43.4 Å². The monoisotopic (exact) mass is 829 g/mol. The number of furan rings is 1. The van der Waals surface area contributed by atoms with Crippen LogP contribution in [0.3, 0.4) is 0 Å². The van der Waals surface area contributed by atoms with Crippen molar-refractivity contribution in [2.24, 2.45) is 0 Å². The molecule has 0 spiro atoms. The van der Waals surface area contributed by atoms with E-state index in [0.717, 1.165) is 14.5 Å². The molecule has 0 aliphatic heterocycles. The highest BCUT2D eigenvalue weighted by Gasteiger charge is 2.23. The van der Waals surface area contributed by atoms with Crippen molar-refractivity contribution in [1.29, 1.82) is 0 Å². The van der Waals surface area contributed by atoms with Crippen LogP contribution in [0.5, 0.6) is 0 Å². The fourth-order valence-electron chi connectivity index (χ4n) is 7.97. The summed E-state index contributed by atoms with van der Waals surface area (Å²) in [4.78, 5) is 14.9. The molecule has 4 heterocycles. The maximum absolute atomic E-state index is 10.2. The Morgan fingerprint density at radius 2 is 0.857 bits per heavy atom. The van der Waals surface area contributed by atoms with Gasteiger partial charge in [0.1, 0.15) is 11.2 Å². The van der Waals surface area contributed by atoms with Gasteiger partial charge in [-0.2, -0.15) is 15.0 Å². The lowest BCUT2D eigenvalue weighted by Gasteiger charge is -2.15. The minimum Gasteiger partial charge on any atom is -0.455 e. The maximum atomic E-state index is 10.2. The largest absolute Gasteiger partial charge is 0.455 e. The van der Waals surface area contributed by atoms with Crippen LogP contribution in [0.4, 0.5) is 0 Å². The van der Waals surface area contributed by atoms with Gasteiger partial charge in [-0.25, -0.2) is 0 Å². The lowest BCUT2D eigenvalue weighted by Crippen LogP contribution is -2.10. The summed E-state index contributed by atoms with van der Waals surface area (Å²) in [7, 11) is 0. The molecule has 0 saturated carbocycles. The van der Waals surface area contributed by atoms with Crippen molar-refractivity contribution in [1.82, 2.24) is 24.1 Å². The number of fused-ring (bicyclic) bond motifs is 9. The second-order valence-corrected chi connectivity index (χ2v) is 14.2. The summed E-state index contributed by atoms with van der Waals surface area (Å²) < 4.78 is 227. The molecule has 0 atom stereocenters. The van der Waals surface area contributed by atoms with E-state index in [0.29, 0.717) is 27.7 Å². The summed E-state index contributed by atoms with van der Waals surface area (Å²) in [6.45, 7) is 0. The normalized spacial score (nSPS) is 17.1. The molecule has 0 N–H and O–H groups in total. The van der Waals surface area contributed by atoms with E-state index in [-0.39, 0.29) is 11.4 Å². The Balaban J connectivity index is 1.29. The quantitative estimate of drug-likeness (QED) is 0.167. The summed E-state index contributed by atoms with van der Waals surface area (Å²) in [5.41, 5.74) is -3.19. The van der Waals surface area contributed by atoms with Crippen molar-refractivity contribution in [3.8, 4) is 56.7 Å². The van der Waals surface area contributed by atoms with E-state index in [2.05, 4.69) is 0 Å². The topological polar surface area (TPSA) is 61.7 Å². The second kappa shape index (κ2) is 14.0. The standard InChI is InChI=1S/C57H35N5O/c1-3-16-36(17-4-1)38-30-32-43-44-33-31-39(37-18-5-2-6-19-37)35-52(44)62(51(43)34-38)57-59-55(58-56(60-57)61-49-27-12-9-21-41(49)42-22-10-13-28-50(42)61)48-24-8-7-20-40(48)46-25-15-26-47-45-23-11-14-29-53(45)63-54(46)47/h1-35H/i1D,2D,3D,4D,5D,6D,9D,10D,12D,13D,16D,17D,18D,19D,21D,22D,27D,28D,30D,31D,32D,33D,34D,35D. The van der Waals surface area contributed by atoms with Crippen LogP contribution in [0, 0.1) is 0 Å². The second-order valence-electron chi connectivity index (χ2n) is 14.2. The minimum atomic E-state index is -0.920. The number of nitrogens with zero attached hydrogens (tertiary/aromatic N) is 5. The van der Waals surface area contributed by atoms with Gasteiger partial charge in [0.05, 0.1) is 55.0 Å². The third kappa shape index (κ3) is 5.55. The predicted molar refractivity (Wildman–Crippen MR) is 258 cm³/mol. The molecule has 13 rings (SSSR count). The molecule has 0 aliphatic rings. The van der Waals surface area contributed by atoms with Crippen LogP contribution in [0.25, 0.3) is 122 Å². The summed E-state index contributed by atoms with van der Waals surface area (Å²) in [5, 5.41) is -0.409. The number of hydrogen-bond acceptors (Lipinski definition) is 4. The summed E-state index contributed by atoms with van der Waals surface area (Å²) in [6.07, 6.45) is 0. The molecule has 13 aromatic rings. The van der Waals surface area contributed by atoms with E-state index in [1.165, 1.54) is 0 Å². The van der Waals surface area contributed by atoms with Crippen LogP contribution in [0.1, 0.15) is 32.9 Å². The van der Waals surface area contributed by atoms with E-state index in [1.54, 1.807) is 48.5 Å². The summed E-state index contributed by atoms with van der Waals surface area (Å²) >= 11 is 0. The van der Waals surface area contributed by atoms with Gasteiger partial charge in [-0.1, -0.05) is 182 Å². The highest BCUT2D eigenvalue weighted by molar-refractivity contribution is 6.12. The van der Waals surface area contributed by atoms with Crippen molar-refractivity contribution in [2.75, 3.05) is 0 Å². The van der Waals surface area contributed by atoms with Crippen molar-refractivity contribution in [3.63, 3.8) is 0 Å². The van der Waals surface area contributed by atoms with E-state index >= 15 is 0 Å². The molecule has 0 radical (unpaired) electrons. The predicted octanol–water partition coefficient (Wildman–Crippen LogP) is 14.6. The lowest BCUT2D eigenvalue weighted by atomic mass is 9.97. The summed E-state index contributed by atoms with van der Waals surface area (Å²) in [6, 6.07) is -1.13. The number of rotatable bonds is 6. The molecule has 0 unspecified atom stereocenters. The first kappa shape index (κ1) is 19.0. The van der Waals surface area contributed by atoms with E-state index in [4.69, 9.17) is 38.6 Å². The van der Waals surface area contributed by atoms with Crippen LogP contribution < -0.4 is 0 Å². The van der Waals surface area contributed by atoms with Gasteiger partial charge in [0.2, 0.25) is 11.9 Å². The van der Waals surface area contributed by atoms with Crippen molar-refractivity contribution in [2.45, 2.75) is 0 Å². The molecule has 0 fully saturated rings. The third-order valence-corrected chi connectivity index (χ3v) is 10.7. The van der Waals surface area contributed by atoms with E-state index in [9.17, 15) is 13.7 Å². The first-order valence-electron chi connectivity index (χ1n) is 31.2. The number of benzene rings is 9. The Bertz CT molecular complexity index is 5080. The molecular formula is C57H35N5O. The van der Waals surface area contributed by atoms with E-state index in [1.807, 2.05) is 18.2 Å². The number of para-hydroxylation sites is 4. The van der Waals surface area contributed by atoms with Crippen molar-refractivity contribution >= 4 is 65.6 Å². The van der Waals surface area contributed by atoms with Gasteiger partial charge < -0.3 is 4.42 Å². The van der Waals surface area contributed by atoms with Gasteiger partial charge in [-0.3, -0.25) is 9.13 Å². The fraction of sp³-hybridized carbons (Fsp3) is 0. The Hall–Kier alpha value is -8.61. The SMILES string of the molecule is [2H]c1c([2H])c([2H])c(-c2c([2H])c([2H])c3c4c([2H])c([2H])c(-c5c([2H])c([2H])c([2H])c([2H])c5[2H])c([2H])c4n(-c4nc(-c5ccccc5-c5cccc6c5oc5ccccc56)nc(-n5c6c([2H])c([2H])c([2H])c([2H])c6c6c([2H])c([2H])c([2H])c([2H])c65)n4)c3c2[2H])c([2H])c1[2H]. The van der Waals surface area contributed by atoms with Crippen LogP contribution >= 0.6 is 0 Å². The molecule has 0 aliphatic carbocycles. The van der Waals surface area contributed by atoms with E-state index < -0.39 is 223 Å². The lowest BCUT2D eigenvalue weighted by molar-refractivity contribution is 0.670. The Labute approximate surface area is 395 Å². The average Bonchev–Trinajstić information content (AvgIpc) is 1.57. The maximum Gasteiger partial charge on any atom is 0.240 e. The molecule has 294 valence electrons. The smallest absolute Gasteiger partial charge is 0.240 e. The van der Waals surface area contributed by atoms with Gasteiger partial charge in [0.25, 0.3) is 0 Å². The first-order valence-corrected chi connectivity index (χ1v) is 19.2. The van der Waals surface area contributed by atoms with Crippen LogP contribution in [0.2, 0.25) is 0 Å². The van der Waals surface area contributed by atoms with Gasteiger partial charge in [-0.05, 0) is 58.1 Å². The zero-order valence-electron chi connectivity index (χ0n) is 56.0. The highest BCUT2D eigenvalue weighted by Crippen LogP contribution is 2.41. The molecule has 0 amide bonds. The highest BCUT2D eigenvalue weighted by atomic mass is 16.3. The average molecular weight is 830 g/mol. The molecule has 63 heavy (non-hydrogen) atoms. The molecular weight excluding hydrogens is 771 g/mol. The number of aromatic nitrogens is 5. The van der Waals surface area contributed by atoms with Crippen molar-refractivity contribution < 1.29 is 37.3 Å². The molecule has 0 saturated heterocycles. The Kier molecular flexibility index (Phi) is 4.21. The van der Waals surface area contributed by atoms with Gasteiger partial charge in [-0.15, -0.1) is 0 Å². The van der Waals surface area contributed by atoms with Crippen LogP contribution in [-0.4, -0.2) is 24.1 Å². The van der Waals surface area contributed by atoms with Gasteiger partial charge >= 0.3 is 0 Å². The molecule has 6 nitrogen and oxygen atoms in total. The van der Waals surface area contributed by atoms with Crippen LogP contribution in [0.15, 0.2) is 216 Å². The molecule has 4 aromatic heterocycles. The number of hydrogen-bond donors (Lipinski definition) is 0. The summed E-state index contributed by atoms with van der Waals surface area (Å²) in [5.74, 6) is -1.76.